The van der Waals surface area contributed by atoms with E-state index in [1.807, 2.05) is 17.0 Å². The van der Waals surface area contributed by atoms with Gasteiger partial charge in [0.15, 0.2) is 0 Å². The standard InChI is InChI=1S/C25H29N5O3/c26-19-6-3-5-18(16-19)25(33)30-14-9-17(10-15-30)4-1-2-11-28-21-22(24(32)23(21)31)29-20-7-12-27-13-8-20/h3,5-8,12-13,16-17,28H,1-2,4,9-11,14-15,26H2,(H,27,29). The first-order valence-corrected chi connectivity index (χ1v) is 11.4. The summed E-state index contributed by atoms with van der Waals surface area (Å²) in [5, 5.41) is 6.12. The summed E-state index contributed by atoms with van der Waals surface area (Å²) in [4.78, 5) is 42.3. The van der Waals surface area contributed by atoms with Gasteiger partial charge in [0.25, 0.3) is 16.8 Å². The quantitative estimate of drug-likeness (QED) is 0.262. The molecule has 1 saturated heterocycles. The van der Waals surface area contributed by atoms with E-state index < -0.39 is 10.9 Å². The van der Waals surface area contributed by atoms with Crippen LogP contribution in [0.2, 0.25) is 0 Å². The molecule has 1 aliphatic heterocycles. The van der Waals surface area contributed by atoms with Crippen LogP contribution >= 0.6 is 0 Å². The summed E-state index contributed by atoms with van der Waals surface area (Å²) in [5.41, 5.74) is 7.50. The number of unbranched alkanes of at least 4 members (excludes halogenated alkanes) is 1. The Morgan fingerprint density at radius 2 is 1.76 bits per heavy atom. The van der Waals surface area contributed by atoms with Gasteiger partial charge in [-0.1, -0.05) is 18.9 Å². The molecule has 0 unspecified atom stereocenters. The van der Waals surface area contributed by atoms with Crippen molar-refractivity contribution in [2.45, 2.75) is 32.1 Å². The highest BCUT2D eigenvalue weighted by Crippen LogP contribution is 2.25. The molecule has 2 aromatic carbocycles. The number of nitrogens with two attached hydrogens (primary N) is 1. The molecule has 0 atom stereocenters. The van der Waals surface area contributed by atoms with Gasteiger partial charge in [0.1, 0.15) is 11.4 Å². The summed E-state index contributed by atoms with van der Waals surface area (Å²) in [6.45, 7) is 2.18. The SMILES string of the molecule is Nc1cccc(C(=O)N2CCC(CCCCNc3c(Nc4ccncc4)c(=O)c3=O)CC2)c1. The third-order valence-corrected chi connectivity index (χ3v) is 6.24. The Bertz CT molecular complexity index is 1160. The second-order valence-corrected chi connectivity index (χ2v) is 8.55. The van der Waals surface area contributed by atoms with E-state index in [1.165, 1.54) is 0 Å². The fourth-order valence-corrected chi connectivity index (χ4v) is 4.31. The van der Waals surface area contributed by atoms with Crippen molar-refractivity contribution in [3.8, 4) is 0 Å². The lowest BCUT2D eigenvalue weighted by Gasteiger charge is -2.32. The smallest absolute Gasteiger partial charge is 0.253 e. The maximum Gasteiger partial charge on any atom is 0.253 e. The topological polar surface area (TPSA) is 117 Å². The van der Waals surface area contributed by atoms with Gasteiger partial charge in [0.2, 0.25) is 0 Å². The average molecular weight is 448 g/mol. The van der Waals surface area contributed by atoms with Gasteiger partial charge in [-0.05, 0) is 55.5 Å². The number of amides is 1. The summed E-state index contributed by atoms with van der Waals surface area (Å²) in [5.74, 6) is 0.652. The maximum atomic E-state index is 12.6. The molecule has 2 heterocycles. The molecule has 0 radical (unpaired) electrons. The van der Waals surface area contributed by atoms with Crippen LogP contribution in [0.25, 0.3) is 0 Å². The number of pyridine rings is 1. The molecule has 1 aromatic heterocycles. The molecular formula is C25H29N5O3. The zero-order chi connectivity index (χ0) is 23.2. The molecule has 4 rings (SSSR count). The number of hydrogen-bond donors (Lipinski definition) is 3. The highest BCUT2D eigenvalue weighted by molar-refractivity contribution is 5.95. The summed E-state index contributed by atoms with van der Waals surface area (Å²) in [7, 11) is 0. The molecule has 1 amide bonds. The van der Waals surface area contributed by atoms with Gasteiger partial charge in [0.05, 0.1) is 0 Å². The number of carbonyl (C=O) groups is 1. The van der Waals surface area contributed by atoms with Crippen molar-refractivity contribution in [2.75, 3.05) is 36.0 Å². The minimum absolute atomic E-state index is 0.0501. The van der Waals surface area contributed by atoms with E-state index in [4.69, 9.17) is 5.73 Å². The molecule has 0 saturated carbocycles. The van der Waals surface area contributed by atoms with Gasteiger partial charge in [-0.15, -0.1) is 0 Å². The summed E-state index contributed by atoms with van der Waals surface area (Å²) >= 11 is 0. The molecule has 8 heteroatoms. The minimum Gasteiger partial charge on any atom is -0.399 e. The molecule has 8 nitrogen and oxygen atoms in total. The van der Waals surface area contributed by atoms with E-state index in [0.717, 1.165) is 50.9 Å². The Balaban J connectivity index is 1.16. The number of anilines is 4. The van der Waals surface area contributed by atoms with Gasteiger partial charge >= 0.3 is 0 Å². The molecule has 4 N–H and O–H groups in total. The van der Waals surface area contributed by atoms with Crippen LogP contribution in [0.4, 0.5) is 22.7 Å². The van der Waals surface area contributed by atoms with Crippen LogP contribution in [0.15, 0.2) is 58.4 Å². The normalized spacial score (nSPS) is 14.4. The van der Waals surface area contributed by atoms with Crippen molar-refractivity contribution in [1.82, 2.24) is 9.88 Å². The Hall–Kier alpha value is -3.68. The number of nitrogen functional groups attached to an aromatic ring is 1. The number of nitrogens with one attached hydrogen (secondary N) is 2. The van der Waals surface area contributed by atoms with Crippen LogP contribution in [0, 0.1) is 5.92 Å². The van der Waals surface area contributed by atoms with Crippen molar-refractivity contribution in [1.29, 1.82) is 0 Å². The lowest BCUT2D eigenvalue weighted by Crippen LogP contribution is -2.38. The number of aromatic nitrogens is 1. The van der Waals surface area contributed by atoms with Crippen molar-refractivity contribution in [3.63, 3.8) is 0 Å². The van der Waals surface area contributed by atoms with Crippen LogP contribution in [0.1, 0.15) is 42.5 Å². The lowest BCUT2D eigenvalue weighted by atomic mass is 9.91. The Morgan fingerprint density at radius 1 is 1.03 bits per heavy atom. The molecule has 1 aliphatic rings. The second kappa shape index (κ2) is 10.3. The van der Waals surface area contributed by atoms with E-state index in [2.05, 4.69) is 15.6 Å². The number of carbonyl (C=O) groups excluding carboxylic acids is 1. The van der Waals surface area contributed by atoms with E-state index in [1.54, 1.807) is 36.7 Å². The van der Waals surface area contributed by atoms with E-state index in [0.29, 0.717) is 35.1 Å². The zero-order valence-corrected chi connectivity index (χ0v) is 18.5. The number of nitrogens with zero attached hydrogens (tertiary/aromatic N) is 2. The third kappa shape index (κ3) is 5.39. The van der Waals surface area contributed by atoms with Crippen LogP contribution < -0.4 is 27.2 Å². The molecule has 0 aliphatic carbocycles. The fraction of sp³-hybridized carbons (Fsp3) is 0.360. The van der Waals surface area contributed by atoms with Crippen LogP contribution in [0.5, 0.6) is 0 Å². The maximum absolute atomic E-state index is 12.6. The molecule has 1 fully saturated rings. The van der Waals surface area contributed by atoms with Crippen LogP contribution in [-0.4, -0.2) is 35.4 Å². The molecule has 3 aromatic rings. The van der Waals surface area contributed by atoms with Crippen molar-refractivity contribution < 1.29 is 4.79 Å². The molecule has 0 spiro atoms. The molecule has 33 heavy (non-hydrogen) atoms. The largest absolute Gasteiger partial charge is 0.399 e. The predicted molar refractivity (Wildman–Crippen MR) is 131 cm³/mol. The van der Waals surface area contributed by atoms with Gasteiger partial charge in [-0.3, -0.25) is 19.4 Å². The van der Waals surface area contributed by atoms with Crippen LogP contribution in [0.3, 0.4) is 0 Å². The molecular weight excluding hydrogens is 418 g/mol. The van der Waals surface area contributed by atoms with Crippen molar-refractivity contribution in [2.24, 2.45) is 5.92 Å². The number of piperidine rings is 1. The Morgan fingerprint density at radius 3 is 2.48 bits per heavy atom. The predicted octanol–water partition coefficient (Wildman–Crippen LogP) is 3.14. The number of rotatable bonds is 9. The van der Waals surface area contributed by atoms with E-state index in [-0.39, 0.29) is 5.91 Å². The highest BCUT2D eigenvalue weighted by atomic mass is 16.2. The first-order valence-electron chi connectivity index (χ1n) is 11.4. The molecule has 172 valence electrons. The second-order valence-electron chi connectivity index (χ2n) is 8.55. The summed E-state index contributed by atoms with van der Waals surface area (Å²) < 4.78 is 0. The minimum atomic E-state index is -0.492. The third-order valence-electron chi connectivity index (χ3n) is 6.24. The molecule has 0 bridgehead atoms. The van der Waals surface area contributed by atoms with Gasteiger partial charge in [0, 0.05) is 49.0 Å². The van der Waals surface area contributed by atoms with Gasteiger partial charge < -0.3 is 21.3 Å². The Labute approximate surface area is 192 Å². The lowest BCUT2D eigenvalue weighted by molar-refractivity contribution is 0.0686. The first kappa shape index (κ1) is 22.5. The van der Waals surface area contributed by atoms with Crippen molar-refractivity contribution in [3.05, 3.63) is 74.8 Å². The fourth-order valence-electron chi connectivity index (χ4n) is 4.31. The monoisotopic (exact) mass is 447 g/mol. The van der Waals surface area contributed by atoms with E-state index in [9.17, 15) is 14.4 Å². The summed E-state index contributed by atoms with van der Waals surface area (Å²) in [6, 6.07) is 10.6. The van der Waals surface area contributed by atoms with Gasteiger partial charge in [-0.2, -0.15) is 0 Å². The number of hydrogen-bond acceptors (Lipinski definition) is 7. The van der Waals surface area contributed by atoms with E-state index >= 15 is 0 Å². The summed E-state index contributed by atoms with van der Waals surface area (Å²) in [6.07, 6.45) is 8.28. The zero-order valence-electron chi connectivity index (χ0n) is 18.5. The Kier molecular flexibility index (Phi) is 7.02. The highest BCUT2D eigenvalue weighted by Gasteiger charge is 2.24. The first-order chi connectivity index (χ1) is 16.0. The van der Waals surface area contributed by atoms with Gasteiger partial charge in [-0.25, -0.2) is 0 Å². The average Bonchev–Trinajstić information content (AvgIpc) is 2.85. The number of likely N-dealkylation sites (tertiary alicyclic amines) is 1. The number of benzene rings is 1. The van der Waals surface area contributed by atoms with Crippen molar-refractivity contribution >= 4 is 28.7 Å². The van der Waals surface area contributed by atoms with Crippen LogP contribution in [-0.2, 0) is 0 Å².